The van der Waals surface area contributed by atoms with Gasteiger partial charge in [0, 0.05) is 38.4 Å². The summed E-state index contributed by atoms with van der Waals surface area (Å²) in [5, 5.41) is 11.2. The molecular weight excluding hydrogens is 352 g/mol. The number of amides is 1. The molecule has 1 saturated heterocycles. The fourth-order valence-electron chi connectivity index (χ4n) is 3.26. The van der Waals surface area contributed by atoms with Crippen molar-refractivity contribution in [2.24, 2.45) is 0 Å². The van der Waals surface area contributed by atoms with Crippen LogP contribution in [0.1, 0.15) is 0 Å². The summed E-state index contributed by atoms with van der Waals surface area (Å²) in [5.74, 6) is 1.39. The summed E-state index contributed by atoms with van der Waals surface area (Å²) >= 11 is 0. The van der Waals surface area contributed by atoms with E-state index in [0.717, 1.165) is 0 Å². The number of fused-ring (bicyclic) bond motifs is 1. The Morgan fingerprint density at radius 3 is 2.59 bits per heavy atom. The second kappa shape index (κ2) is 7.10. The van der Waals surface area contributed by atoms with Crippen LogP contribution in [0.3, 0.4) is 0 Å². The molecule has 2 aliphatic rings. The van der Waals surface area contributed by atoms with Crippen molar-refractivity contribution in [1.82, 2.24) is 9.88 Å². The quantitative estimate of drug-likeness (QED) is 0.596. The number of rotatable bonds is 3. The van der Waals surface area contributed by atoms with Gasteiger partial charge in [0.25, 0.3) is 5.91 Å². The Balaban J connectivity index is 1.40. The Morgan fingerprint density at radius 2 is 1.85 bits per heavy atom. The average Bonchev–Trinajstić information content (AvgIpc) is 2.73. The predicted molar refractivity (Wildman–Crippen MR) is 96.0 cm³/mol. The molecule has 0 radical (unpaired) electrons. The Hall–Kier alpha value is -3.36. The van der Waals surface area contributed by atoms with E-state index in [2.05, 4.69) is 4.98 Å². The number of para-hydroxylation sites is 2. The lowest BCUT2D eigenvalue weighted by atomic mass is 10.2. The average molecular weight is 370 g/mol. The predicted octanol–water partition coefficient (Wildman–Crippen LogP) is 1.48. The molecule has 0 unspecified atom stereocenters. The largest absolute Gasteiger partial charge is 0.485 e. The number of anilines is 1. The molecule has 140 valence electrons. The summed E-state index contributed by atoms with van der Waals surface area (Å²) in [6, 6.07) is 10.2. The molecule has 0 spiro atoms. The van der Waals surface area contributed by atoms with Crippen LogP contribution in [0, 0.1) is 10.1 Å². The van der Waals surface area contributed by atoms with Gasteiger partial charge in [-0.25, -0.2) is 4.98 Å². The van der Waals surface area contributed by atoms with Crippen LogP contribution in [0.5, 0.6) is 11.5 Å². The van der Waals surface area contributed by atoms with Crippen molar-refractivity contribution in [3.63, 3.8) is 0 Å². The summed E-state index contributed by atoms with van der Waals surface area (Å²) in [6.07, 6.45) is 0.848. The van der Waals surface area contributed by atoms with Crippen LogP contribution in [0.4, 0.5) is 11.5 Å². The number of ether oxygens (including phenoxy) is 2. The fraction of sp³-hybridized carbons (Fsp3) is 0.333. The van der Waals surface area contributed by atoms with Crippen molar-refractivity contribution in [2.45, 2.75) is 6.10 Å². The van der Waals surface area contributed by atoms with Gasteiger partial charge in [0.1, 0.15) is 6.61 Å². The third-order valence-corrected chi connectivity index (χ3v) is 4.64. The van der Waals surface area contributed by atoms with Crippen LogP contribution in [0.25, 0.3) is 0 Å². The van der Waals surface area contributed by atoms with Gasteiger partial charge in [-0.2, -0.15) is 0 Å². The molecule has 1 atom stereocenters. The fourth-order valence-corrected chi connectivity index (χ4v) is 3.26. The maximum absolute atomic E-state index is 12.8. The molecule has 0 N–H and O–H groups in total. The summed E-state index contributed by atoms with van der Waals surface area (Å²) in [7, 11) is 0. The van der Waals surface area contributed by atoms with E-state index in [1.165, 1.54) is 12.3 Å². The van der Waals surface area contributed by atoms with Crippen molar-refractivity contribution < 1.29 is 19.2 Å². The maximum Gasteiger partial charge on any atom is 0.311 e. The molecule has 0 aliphatic carbocycles. The normalized spacial score (nSPS) is 18.9. The highest BCUT2D eigenvalue weighted by atomic mass is 16.6. The lowest BCUT2D eigenvalue weighted by Gasteiger charge is -2.37. The molecule has 2 aromatic rings. The highest BCUT2D eigenvalue weighted by molar-refractivity contribution is 5.82. The van der Waals surface area contributed by atoms with Crippen molar-refractivity contribution in [3.05, 3.63) is 52.7 Å². The maximum atomic E-state index is 12.8. The lowest BCUT2D eigenvalue weighted by molar-refractivity contribution is -0.384. The van der Waals surface area contributed by atoms with Gasteiger partial charge in [0.2, 0.25) is 11.9 Å². The zero-order valence-corrected chi connectivity index (χ0v) is 14.5. The molecule has 0 saturated carbocycles. The van der Waals surface area contributed by atoms with E-state index in [4.69, 9.17) is 9.47 Å². The number of carbonyl (C=O) groups excluding carboxylic acids is 1. The number of nitro groups is 1. The van der Waals surface area contributed by atoms with E-state index in [9.17, 15) is 14.9 Å². The number of pyridine rings is 1. The number of carbonyl (C=O) groups is 1. The molecule has 1 aromatic heterocycles. The Labute approximate surface area is 155 Å². The van der Waals surface area contributed by atoms with E-state index in [1.54, 1.807) is 23.1 Å². The summed E-state index contributed by atoms with van der Waals surface area (Å²) in [5.41, 5.74) is -0.0297. The Morgan fingerprint density at radius 1 is 1.11 bits per heavy atom. The minimum absolute atomic E-state index is 0.0297. The molecule has 1 amide bonds. The van der Waals surface area contributed by atoms with Crippen LogP contribution < -0.4 is 14.4 Å². The SMILES string of the molecule is O=C([C@@H]1COc2ccccc2O1)N1CCN(c2ncccc2[N+](=O)[O-])CC1. The number of aromatic nitrogens is 1. The molecule has 4 rings (SSSR count). The van der Waals surface area contributed by atoms with Crippen LogP contribution in [0.2, 0.25) is 0 Å². The van der Waals surface area contributed by atoms with Crippen LogP contribution in [-0.2, 0) is 4.79 Å². The molecule has 27 heavy (non-hydrogen) atoms. The topological polar surface area (TPSA) is 98.0 Å². The second-order valence-corrected chi connectivity index (χ2v) is 6.28. The molecule has 9 nitrogen and oxygen atoms in total. The second-order valence-electron chi connectivity index (χ2n) is 6.28. The molecule has 9 heteroatoms. The number of nitrogens with zero attached hydrogens (tertiary/aromatic N) is 4. The van der Waals surface area contributed by atoms with Gasteiger partial charge in [-0.3, -0.25) is 14.9 Å². The first-order valence-corrected chi connectivity index (χ1v) is 8.65. The molecule has 1 fully saturated rings. The third kappa shape index (κ3) is 3.35. The lowest BCUT2D eigenvalue weighted by Crippen LogP contribution is -2.54. The van der Waals surface area contributed by atoms with Crippen molar-refractivity contribution >= 4 is 17.4 Å². The first kappa shape index (κ1) is 17.1. The smallest absolute Gasteiger partial charge is 0.311 e. The van der Waals surface area contributed by atoms with E-state index in [0.29, 0.717) is 43.5 Å². The molecule has 3 heterocycles. The van der Waals surface area contributed by atoms with Crippen LogP contribution in [-0.4, -0.2) is 59.6 Å². The number of benzene rings is 1. The Kier molecular flexibility index (Phi) is 4.49. The summed E-state index contributed by atoms with van der Waals surface area (Å²) < 4.78 is 11.4. The first-order valence-electron chi connectivity index (χ1n) is 8.65. The minimum Gasteiger partial charge on any atom is -0.485 e. The number of hydrogen-bond donors (Lipinski definition) is 0. The van der Waals surface area contributed by atoms with Crippen LogP contribution in [0.15, 0.2) is 42.6 Å². The monoisotopic (exact) mass is 370 g/mol. The van der Waals surface area contributed by atoms with Gasteiger partial charge in [-0.1, -0.05) is 12.1 Å². The van der Waals surface area contributed by atoms with Gasteiger partial charge < -0.3 is 19.3 Å². The zero-order valence-electron chi connectivity index (χ0n) is 14.5. The van der Waals surface area contributed by atoms with E-state index >= 15 is 0 Å². The summed E-state index contributed by atoms with van der Waals surface area (Å²) in [4.78, 5) is 31.2. The van der Waals surface area contributed by atoms with Gasteiger partial charge in [-0.15, -0.1) is 0 Å². The Bertz CT molecular complexity index is 866. The van der Waals surface area contributed by atoms with Gasteiger partial charge in [-0.05, 0) is 18.2 Å². The van der Waals surface area contributed by atoms with Crippen molar-refractivity contribution in [1.29, 1.82) is 0 Å². The highest BCUT2D eigenvalue weighted by Crippen LogP contribution is 2.31. The number of piperazine rings is 1. The van der Waals surface area contributed by atoms with Gasteiger partial charge in [0.05, 0.1) is 4.92 Å². The molecule has 1 aromatic carbocycles. The minimum atomic E-state index is -0.685. The number of hydrogen-bond acceptors (Lipinski definition) is 7. The molecule has 2 aliphatic heterocycles. The highest BCUT2D eigenvalue weighted by Gasteiger charge is 2.33. The molecular formula is C18H18N4O5. The van der Waals surface area contributed by atoms with Gasteiger partial charge in [0.15, 0.2) is 11.5 Å². The van der Waals surface area contributed by atoms with E-state index < -0.39 is 11.0 Å². The van der Waals surface area contributed by atoms with Crippen molar-refractivity contribution in [3.8, 4) is 11.5 Å². The van der Waals surface area contributed by atoms with Gasteiger partial charge >= 0.3 is 5.69 Å². The van der Waals surface area contributed by atoms with E-state index in [-0.39, 0.29) is 18.2 Å². The summed E-state index contributed by atoms with van der Waals surface area (Å²) in [6.45, 7) is 1.98. The third-order valence-electron chi connectivity index (χ3n) is 4.64. The van der Waals surface area contributed by atoms with Crippen molar-refractivity contribution in [2.75, 3.05) is 37.7 Å². The first-order chi connectivity index (χ1) is 13.1. The van der Waals surface area contributed by atoms with Crippen LogP contribution >= 0.6 is 0 Å². The van der Waals surface area contributed by atoms with E-state index in [1.807, 2.05) is 17.0 Å². The zero-order chi connectivity index (χ0) is 18.8. The standard InChI is InChI=1S/C18H18N4O5/c23-18(16-12-26-14-5-1-2-6-15(14)27-16)21-10-8-20(9-11-21)17-13(22(24)25)4-3-7-19-17/h1-7,16H,8-12H2/t16-/m0/s1. The molecule has 0 bridgehead atoms.